The van der Waals surface area contributed by atoms with Gasteiger partial charge < -0.3 is 0 Å². The van der Waals surface area contributed by atoms with Gasteiger partial charge >= 0.3 is 0 Å². The summed E-state index contributed by atoms with van der Waals surface area (Å²) in [4.78, 5) is 4.38. The molecule has 2 nitrogen and oxygen atoms in total. The molecule has 0 saturated heterocycles. The summed E-state index contributed by atoms with van der Waals surface area (Å²) in [5.41, 5.74) is 4.19. The molecule has 1 heterocycles. The Morgan fingerprint density at radius 3 is 2.75 bits per heavy atom. The van der Waals surface area contributed by atoms with E-state index in [1.807, 2.05) is 30.3 Å². The Labute approximate surface area is 95.2 Å². The highest BCUT2D eigenvalue weighted by Crippen LogP contribution is 2.24. The van der Waals surface area contributed by atoms with Crippen molar-refractivity contribution in [2.24, 2.45) is 0 Å². The van der Waals surface area contributed by atoms with Crippen LogP contribution in [0, 0.1) is 18.3 Å². The van der Waals surface area contributed by atoms with Crippen molar-refractivity contribution in [3.8, 4) is 17.3 Å². The molecule has 0 unspecified atom stereocenters. The highest BCUT2D eigenvalue weighted by Gasteiger charge is 2.07. The first-order chi connectivity index (χ1) is 7.83. The summed E-state index contributed by atoms with van der Waals surface area (Å²) in [5.74, 6) is 0. The molecule has 0 N–H and O–H groups in total. The Kier molecular flexibility index (Phi) is 2.98. The van der Waals surface area contributed by atoms with Crippen molar-refractivity contribution in [2.75, 3.05) is 0 Å². The van der Waals surface area contributed by atoms with Gasteiger partial charge in [0.15, 0.2) is 0 Å². The van der Waals surface area contributed by atoms with Gasteiger partial charge in [-0.25, -0.2) is 0 Å². The molecule has 1 aromatic carbocycles. The highest BCUT2D eigenvalue weighted by atomic mass is 14.7. The maximum absolute atomic E-state index is 8.78. The van der Waals surface area contributed by atoms with Crippen LogP contribution >= 0.6 is 0 Å². The molecule has 0 spiro atoms. The Morgan fingerprint density at radius 2 is 2.00 bits per heavy atom. The van der Waals surface area contributed by atoms with Crippen molar-refractivity contribution < 1.29 is 0 Å². The smallest absolute Gasteiger partial charge is 0.0747 e. The number of nitrogens with zero attached hydrogens (tertiary/aromatic N) is 2. The van der Waals surface area contributed by atoms with Gasteiger partial charge in [0, 0.05) is 11.8 Å². The number of benzene rings is 1. The zero-order valence-corrected chi connectivity index (χ0v) is 9.14. The van der Waals surface area contributed by atoms with Crippen LogP contribution in [0.5, 0.6) is 0 Å². The fourth-order valence-electron chi connectivity index (χ4n) is 1.75. The molecule has 2 heteroatoms. The molecule has 0 atom stereocenters. The molecule has 1 aromatic heterocycles. The summed E-state index contributed by atoms with van der Waals surface area (Å²) in [6.45, 7) is 2.06. The zero-order chi connectivity index (χ0) is 11.4. The third kappa shape index (κ3) is 1.94. The predicted octanol–water partition coefficient (Wildman–Crippen LogP) is 3.12. The number of aromatic nitrogens is 1. The molecule has 16 heavy (non-hydrogen) atoms. The first-order valence-corrected chi connectivity index (χ1v) is 5.20. The minimum atomic E-state index is 0.400. The maximum Gasteiger partial charge on any atom is 0.0747 e. The summed E-state index contributed by atoms with van der Waals surface area (Å²) >= 11 is 0. The summed E-state index contributed by atoms with van der Waals surface area (Å²) in [7, 11) is 0. The van der Waals surface area contributed by atoms with E-state index in [9.17, 15) is 0 Å². The van der Waals surface area contributed by atoms with Crippen LogP contribution in [0.25, 0.3) is 11.3 Å². The second kappa shape index (κ2) is 4.59. The van der Waals surface area contributed by atoms with Crippen molar-refractivity contribution >= 4 is 0 Å². The Morgan fingerprint density at radius 1 is 1.19 bits per heavy atom. The molecule has 2 rings (SSSR count). The van der Waals surface area contributed by atoms with Gasteiger partial charge in [0.1, 0.15) is 0 Å². The van der Waals surface area contributed by atoms with Crippen LogP contribution in [0.2, 0.25) is 0 Å². The summed E-state index contributed by atoms with van der Waals surface area (Å²) in [6, 6.07) is 14.1. The predicted molar refractivity (Wildman–Crippen MR) is 63.7 cm³/mol. The van der Waals surface area contributed by atoms with E-state index in [0.29, 0.717) is 6.42 Å². The van der Waals surface area contributed by atoms with Gasteiger partial charge in [-0.15, -0.1) is 0 Å². The monoisotopic (exact) mass is 208 g/mol. The van der Waals surface area contributed by atoms with Gasteiger partial charge in [0.25, 0.3) is 0 Å². The largest absolute Gasteiger partial charge is 0.256 e. The third-order valence-corrected chi connectivity index (χ3v) is 2.56. The van der Waals surface area contributed by atoms with E-state index in [0.717, 1.165) is 16.8 Å². The van der Waals surface area contributed by atoms with Crippen LogP contribution in [0.1, 0.15) is 11.1 Å². The van der Waals surface area contributed by atoms with Crippen LogP contribution in [0.3, 0.4) is 0 Å². The molecule has 0 aliphatic carbocycles. The summed E-state index contributed by atoms with van der Waals surface area (Å²) in [6.07, 6.45) is 2.17. The van der Waals surface area contributed by atoms with Crippen molar-refractivity contribution in [1.29, 1.82) is 5.26 Å². The lowest BCUT2D eigenvalue weighted by molar-refractivity contribution is 1.19. The van der Waals surface area contributed by atoms with Crippen LogP contribution in [0.4, 0.5) is 0 Å². The van der Waals surface area contributed by atoms with Gasteiger partial charge in [0.2, 0.25) is 0 Å². The summed E-state index contributed by atoms with van der Waals surface area (Å²) in [5, 5.41) is 8.78. The number of rotatable bonds is 2. The van der Waals surface area contributed by atoms with Gasteiger partial charge in [0.05, 0.1) is 18.2 Å². The second-order valence-corrected chi connectivity index (χ2v) is 3.66. The third-order valence-electron chi connectivity index (χ3n) is 2.56. The van der Waals surface area contributed by atoms with E-state index in [1.54, 1.807) is 6.20 Å². The zero-order valence-electron chi connectivity index (χ0n) is 9.14. The van der Waals surface area contributed by atoms with Crippen molar-refractivity contribution in [3.05, 3.63) is 53.7 Å². The standard InChI is InChI=1S/C14H12N2/c1-11-5-2-3-7-13(11)14-12(8-9-15)6-4-10-16-14/h2-7,10H,8H2,1H3. The first-order valence-electron chi connectivity index (χ1n) is 5.20. The molecule has 0 aliphatic rings. The number of aryl methyl sites for hydroxylation is 1. The molecule has 78 valence electrons. The fraction of sp³-hybridized carbons (Fsp3) is 0.143. The average molecular weight is 208 g/mol. The molecule has 2 aromatic rings. The molecule has 0 amide bonds. The average Bonchev–Trinajstić information content (AvgIpc) is 2.31. The van der Waals surface area contributed by atoms with Crippen LogP contribution in [0.15, 0.2) is 42.6 Å². The minimum Gasteiger partial charge on any atom is -0.256 e. The molecule has 0 fully saturated rings. The lowest BCUT2D eigenvalue weighted by Gasteiger charge is -2.08. The van der Waals surface area contributed by atoms with Crippen molar-refractivity contribution in [3.63, 3.8) is 0 Å². The van der Waals surface area contributed by atoms with Crippen LogP contribution in [-0.2, 0) is 6.42 Å². The first kappa shape index (κ1) is 10.4. The normalized spacial score (nSPS) is 9.75. The number of nitriles is 1. The van der Waals surface area contributed by atoms with E-state index in [1.165, 1.54) is 5.56 Å². The molecule has 0 saturated carbocycles. The molecular formula is C14H12N2. The Bertz CT molecular complexity index is 538. The quantitative estimate of drug-likeness (QED) is 0.760. The highest BCUT2D eigenvalue weighted by molar-refractivity contribution is 5.66. The lowest BCUT2D eigenvalue weighted by atomic mass is 10.00. The maximum atomic E-state index is 8.78. The van der Waals surface area contributed by atoms with E-state index < -0.39 is 0 Å². The van der Waals surface area contributed by atoms with Crippen LogP contribution in [-0.4, -0.2) is 4.98 Å². The minimum absolute atomic E-state index is 0.400. The number of hydrogen-bond donors (Lipinski definition) is 0. The van der Waals surface area contributed by atoms with E-state index in [2.05, 4.69) is 24.0 Å². The van der Waals surface area contributed by atoms with Gasteiger partial charge in [-0.3, -0.25) is 4.98 Å². The van der Waals surface area contributed by atoms with Crippen LogP contribution < -0.4 is 0 Å². The SMILES string of the molecule is Cc1ccccc1-c1ncccc1CC#N. The van der Waals surface area contributed by atoms with Crippen molar-refractivity contribution in [1.82, 2.24) is 4.98 Å². The molecule has 0 radical (unpaired) electrons. The Balaban J connectivity index is 2.57. The number of pyridine rings is 1. The molecule has 0 aliphatic heterocycles. The Hall–Kier alpha value is -2.14. The fourth-order valence-corrected chi connectivity index (χ4v) is 1.75. The molecular weight excluding hydrogens is 196 g/mol. The lowest BCUT2D eigenvalue weighted by Crippen LogP contribution is -1.93. The second-order valence-electron chi connectivity index (χ2n) is 3.66. The van der Waals surface area contributed by atoms with Gasteiger partial charge in [-0.2, -0.15) is 5.26 Å². The van der Waals surface area contributed by atoms with Gasteiger partial charge in [-0.05, 0) is 24.1 Å². The van der Waals surface area contributed by atoms with E-state index in [-0.39, 0.29) is 0 Å². The van der Waals surface area contributed by atoms with E-state index in [4.69, 9.17) is 5.26 Å². The number of hydrogen-bond acceptors (Lipinski definition) is 2. The topological polar surface area (TPSA) is 36.7 Å². The van der Waals surface area contributed by atoms with E-state index >= 15 is 0 Å². The van der Waals surface area contributed by atoms with Crippen molar-refractivity contribution in [2.45, 2.75) is 13.3 Å². The summed E-state index contributed by atoms with van der Waals surface area (Å²) < 4.78 is 0. The van der Waals surface area contributed by atoms with Gasteiger partial charge in [-0.1, -0.05) is 30.3 Å². The molecule has 0 bridgehead atoms.